The smallest absolute Gasteiger partial charge is 0.256 e. The summed E-state index contributed by atoms with van der Waals surface area (Å²) in [6.45, 7) is 3.95. The predicted octanol–water partition coefficient (Wildman–Crippen LogP) is 2.04. The largest absolute Gasteiger partial charge is 0.377 e. The second-order valence-corrected chi connectivity index (χ2v) is 5.09. The highest BCUT2D eigenvalue weighted by Crippen LogP contribution is 2.23. The van der Waals surface area contributed by atoms with Crippen molar-refractivity contribution in [3.8, 4) is 0 Å². The molecule has 1 aromatic carbocycles. The number of rotatable bonds is 1. The van der Waals surface area contributed by atoms with Crippen LogP contribution in [-0.4, -0.2) is 41.2 Å². The highest BCUT2D eigenvalue weighted by atomic mass is 16.5. The molecule has 1 aliphatic rings. The Hall–Kier alpha value is -1.81. The summed E-state index contributed by atoms with van der Waals surface area (Å²) in [6.07, 6.45) is 1.93. The molecule has 0 radical (unpaired) electrons. The zero-order valence-electron chi connectivity index (χ0n) is 11.3. The van der Waals surface area contributed by atoms with Crippen LogP contribution in [0.2, 0.25) is 0 Å². The van der Waals surface area contributed by atoms with Gasteiger partial charge in [-0.15, -0.1) is 0 Å². The van der Waals surface area contributed by atoms with Crippen LogP contribution < -0.4 is 0 Å². The first-order chi connectivity index (χ1) is 9.18. The lowest BCUT2D eigenvalue weighted by molar-refractivity contribution is 0.00369. The van der Waals surface area contributed by atoms with Crippen LogP contribution in [0.3, 0.4) is 0 Å². The van der Waals surface area contributed by atoms with Gasteiger partial charge in [0.05, 0.1) is 24.8 Å². The molecule has 1 fully saturated rings. The van der Waals surface area contributed by atoms with E-state index in [2.05, 4.69) is 0 Å². The van der Waals surface area contributed by atoms with Crippen molar-refractivity contribution in [3.05, 3.63) is 36.0 Å². The van der Waals surface area contributed by atoms with Crippen molar-refractivity contribution in [2.75, 3.05) is 19.8 Å². The molecule has 0 spiro atoms. The summed E-state index contributed by atoms with van der Waals surface area (Å²) < 4.78 is 7.40. The molecule has 3 rings (SSSR count). The standard InChI is InChI=1S/C15H18N2O2/c1-11-10-19-8-7-17(11)15(18)13-9-16(2)14-6-4-3-5-12(13)14/h3-6,9,11H,7-8,10H2,1-2H3/t11-/m1/s1. The van der Waals surface area contributed by atoms with Gasteiger partial charge < -0.3 is 14.2 Å². The Kier molecular flexibility index (Phi) is 3.03. The maximum Gasteiger partial charge on any atom is 0.256 e. The average molecular weight is 258 g/mol. The summed E-state index contributed by atoms with van der Waals surface area (Å²) in [4.78, 5) is 14.6. The number of hydrogen-bond donors (Lipinski definition) is 0. The summed E-state index contributed by atoms with van der Waals surface area (Å²) in [5.74, 6) is 0.104. The fourth-order valence-electron chi connectivity index (χ4n) is 2.70. The molecule has 0 unspecified atom stereocenters. The van der Waals surface area contributed by atoms with Gasteiger partial charge in [-0.1, -0.05) is 18.2 Å². The zero-order valence-corrected chi connectivity index (χ0v) is 11.3. The van der Waals surface area contributed by atoms with Crippen LogP contribution in [0.1, 0.15) is 17.3 Å². The van der Waals surface area contributed by atoms with Crippen molar-refractivity contribution in [3.63, 3.8) is 0 Å². The van der Waals surface area contributed by atoms with Gasteiger partial charge in [0.1, 0.15) is 0 Å². The number of hydrogen-bond acceptors (Lipinski definition) is 2. The molecule has 0 saturated carbocycles. The van der Waals surface area contributed by atoms with Gasteiger partial charge in [-0.3, -0.25) is 4.79 Å². The molecule has 1 aliphatic heterocycles. The number of carbonyl (C=O) groups excluding carboxylic acids is 1. The molecular weight excluding hydrogens is 240 g/mol. The van der Waals surface area contributed by atoms with Crippen molar-refractivity contribution in [2.24, 2.45) is 7.05 Å². The number of fused-ring (bicyclic) bond motifs is 1. The molecule has 4 nitrogen and oxygen atoms in total. The Morgan fingerprint density at radius 2 is 2.16 bits per heavy atom. The van der Waals surface area contributed by atoms with Gasteiger partial charge >= 0.3 is 0 Å². The topological polar surface area (TPSA) is 34.5 Å². The van der Waals surface area contributed by atoms with E-state index < -0.39 is 0 Å². The molecule has 0 N–H and O–H groups in total. The van der Waals surface area contributed by atoms with Crippen LogP contribution in [0.5, 0.6) is 0 Å². The summed E-state index contributed by atoms with van der Waals surface area (Å²) in [5.41, 5.74) is 1.87. The first-order valence-electron chi connectivity index (χ1n) is 6.61. The molecule has 0 aliphatic carbocycles. The maximum atomic E-state index is 12.7. The molecular formula is C15H18N2O2. The minimum Gasteiger partial charge on any atom is -0.377 e. The summed E-state index contributed by atoms with van der Waals surface area (Å²) in [7, 11) is 1.97. The van der Waals surface area contributed by atoms with E-state index in [1.807, 2.05) is 53.9 Å². The fourth-order valence-corrected chi connectivity index (χ4v) is 2.70. The number of benzene rings is 1. The molecule has 1 amide bonds. The fraction of sp³-hybridized carbons (Fsp3) is 0.400. The average Bonchev–Trinajstić information content (AvgIpc) is 2.77. The third-order valence-corrected chi connectivity index (χ3v) is 3.76. The Morgan fingerprint density at radius 1 is 1.37 bits per heavy atom. The van der Waals surface area contributed by atoms with E-state index in [1.54, 1.807) is 0 Å². The lowest BCUT2D eigenvalue weighted by Gasteiger charge is -2.33. The Bertz CT molecular complexity index is 618. The second-order valence-electron chi connectivity index (χ2n) is 5.09. The van der Waals surface area contributed by atoms with Gasteiger partial charge in [0, 0.05) is 30.7 Å². The molecule has 2 heterocycles. The molecule has 1 saturated heterocycles. The van der Waals surface area contributed by atoms with Crippen molar-refractivity contribution < 1.29 is 9.53 Å². The van der Waals surface area contributed by atoms with Gasteiger partial charge in [-0.2, -0.15) is 0 Å². The summed E-state index contributed by atoms with van der Waals surface area (Å²) >= 11 is 0. The van der Waals surface area contributed by atoms with Crippen LogP contribution in [-0.2, 0) is 11.8 Å². The van der Waals surface area contributed by atoms with Crippen LogP contribution in [0.25, 0.3) is 10.9 Å². The first kappa shape index (κ1) is 12.2. The van der Waals surface area contributed by atoms with Crippen molar-refractivity contribution in [1.82, 2.24) is 9.47 Å². The molecule has 4 heteroatoms. The molecule has 1 atom stereocenters. The number of amides is 1. The van der Waals surface area contributed by atoms with Crippen LogP contribution in [0.15, 0.2) is 30.5 Å². The first-order valence-corrected chi connectivity index (χ1v) is 6.61. The van der Waals surface area contributed by atoms with Gasteiger partial charge in [0.25, 0.3) is 5.91 Å². The number of para-hydroxylation sites is 1. The number of morpholine rings is 1. The number of nitrogens with zero attached hydrogens (tertiary/aromatic N) is 2. The Balaban J connectivity index is 2.02. The molecule has 19 heavy (non-hydrogen) atoms. The maximum absolute atomic E-state index is 12.7. The lowest BCUT2D eigenvalue weighted by Crippen LogP contribution is -2.47. The highest BCUT2D eigenvalue weighted by molar-refractivity contribution is 6.07. The number of carbonyl (C=O) groups is 1. The van der Waals surface area contributed by atoms with Gasteiger partial charge in [0.15, 0.2) is 0 Å². The normalized spacial score (nSPS) is 19.9. The minimum absolute atomic E-state index is 0.104. The summed E-state index contributed by atoms with van der Waals surface area (Å²) in [5, 5.41) is 1.02. The van der Waals surface area contributed by atoms with Gasteiger partial charge in [-0.25, -0.2) is 0 Å². The molecule has 1 aromatic heterocycles. The Morgan fingerprint density at radius 3 is 2.95 bits per heavy atom. The molecule has 100 valence electrons. The van der Waals surface area contributed by atoms with E-state index in [-0.39, 0.29) is 11.9 Å². The second kappa shape index (κ2) is 4.70. The highest BCUT2D eigenvalue weighted by Gasteiger charge is 2.26. The molecule has 0 bridgehead atoms. The SMILES string of the molecule is C[C@@H]1COCCN1C(=O)c1cn(C)c2ccccc12. The van der Waals surface area contributed by atoms with E-state index in [1.165, 1.54) is 0 Å². The predicted molar refractivity (Wildman–Crippen MR) is 74.2 cm³/mol. The quantitative estimate of drug-likeness (QED) is 0.784. The van der Waals surface area contributed by atoms with E-state index in [4.69, 9.17) is 4.74 Å². The van der Waals surface area contributed by atoms with Crippen molar-refractivity contribution in [2.45, 2.75) is 13.0 Å². The van der Waals surface area contributed by atoms with Crippen molar-refractivity contribution in [1.29, 1.82) is 0 Å². The molecule has 2 aromatic rings. The van der Waals surface area contributed by atoms with Gasteiger partial charge in [0.2, 0.25) is 0 Å². The van der Waals surface area contributed by atoms with Crippen LogP contribution in [0.4, 0.5) is 0 Å². The lowest BCUT2D eigenvalue weighted by atomic mass is 10.1. The summed E-state index contributed by atoms with van der Waals surface area (Å²) in [6, 6.07) is 8.15. The van der Waals surface area contributed by atoms with E-state index in [9.17, 15) is 4.79 Å². The third kappa shape index (κ3) is 2.02. The minimum atomic E-state index is 0.104. The Labute approximate surface area is 112 Å². The number of ether oxygens (including phenoxy) is 1. The van der Waals surface area contributed by atoms with E-state index >= 15 is 0 Å². The van der Waals surface area contributed by atoms with Gasteiger partial charge in [-0.05, 0) is 13.0 Å². The number of aromatic nitrogens is 1. The van der Waals surface area contributed by atoms with Crippen LogP contribution in [0, 0.1) is 0 Å². The van der Waals surface area contributed by atoms with E-state index in [0.29, 0.717) is 19.8 Å². The number of aryl methyl sites for hydroxylation is 1. The monoisotopic (exact) mass is 258 g/mol. The van der Waals surface area contributed by atoms with E-state index in [0.717, 1.165) is 16.5 Å². The zero-order chi connectivity index (χ0) is 13.4. The van der Waals surface area contributed by atoms with Crippen molar-refractivity contribution >= 4 is 16.8 Å². The third-order valence-electron chi connectivity index (χ3n) is 3.76. The van der Waals surface area contributed by atoms with Crippen LogP contribution >= 0.6 is 0 Å².